The SMILES string of the molecule is COc1cc(-c2cccnc2)c(OC)cc1SC. The van der Waals surface area contributed by atoms with Crippen LogP contribution in [0.4, 0.5) is 0 Å². The molecule has 18 heavy (non-hydrogen) atoms. The minimum atomic E-state index is 0.827. The molecule has 0 aliphatic heterocycles. The van der Waals surface area contributed by atoms with Crippen molar-refractivity contribution >= 4 is 11.8 Å². The lowest BCUT2D eigenvalue weighted by Gasteiger charge is -2.13. The molecule has 0 radical (unpaired) electrons. The smallest absolute Gasteiger partial charge is 0.133 e. The Morgan fingerprint density at radius 3 is 2.44 bits per heavy atom. The second kappa shape index (κ2) is 5.78. The lowest BCUT2D eigenvalue weighted by molar-refractivity contribution is 0.395. The molecule has 0 aliphatic carbocycles. The maximum absolute atomic E-state index is 5.45. The van der Waals surface area contributed by atoms with Crippen LogP contribution in [0, 0.1) is 0 Å². The fourth-order valence-electron chi connectivity index (χ4n) is 1.78. The van der Waals surface area contributed by atoms with E-state index in [-0.39, 0.29) is 0 Å². The normalized spacial score (nSPS) is 10.2. The molecule has 2 aromatic rings. The van der Waals surface area contributed by atoms with Crippen LogP contribution in [0.3, 0.4) is 0 Å². The minimum Gasteiger partial charge on any atom is -0.496 e. The predicted octanol–water partition coefficient (Wildman–Crippen LogP) is 3.49. The van der Waals surface area contributed by atoms with Gasteiger partial charge in [-0.25, -0.2) is 0 Å². The molecule has 1 aromatic carbocycles. The predicted molar refractivity (Wildman–Crippen MR) is 74.6 cm³/mol. The van der Waals surface area contributed by atoms with E-state index in [0.717, 1.165) is 27.5 Å². The molecule has 0 spiro atoms. The van der Waals surface area contributed by atoms with Crippen molar-refractivity contribution in [1.82, 2.24) is 4.98 Å². The number of methoxy groups -OCH3 is 2. The Bertz CT molecular complexity index is 529. The molecule has 1 aromatic heterocycles. The molecule has 1 heterocycles. The van der Waals surface area contributed by atoms with Gasteiger partial charge < -0.3 is 9.47 Å². The maximum atomic E-state index is 5.45. The summed E-state index contributed by atoms with van der Waals surface area (Å²) in [5, 5.41) is 0. The van der Waals surface area contributed by atoms with Crippen molar-refractivity contribution in [3.05, 3.63) is 36.7 Å². The molecular weight excluding hydrogens is 246 g/mol. The van der Waals surface area contributed by atoms with Crippen molar-refractivity contribution in [3.8, 4) is 22.6 Å². The second-order valence-corrected chi connectivity index (χ2v) is 4.50. The van der Waals surface area contributed by atoms with Gasteiger partial charge in [0.1, 0.15) is 11.5 Å². The molecule has 0 N–H and O–H groups in total. The van der Waals surface area contributed by atoms with Crippen molar-refractivity contribution < 1.29 is 9.47 Å². The molecular formula is C14H15NO2S. The van der Waals surface area contributed by atoms with E-state index >= 15 is 0 Å². The molecule has 4 heteroatoms. The first kappa shape index (κ1) is 12.8. The molecule has 94 valence electrons. The Kier molecular flexibility index (Phi) is 4.10. The fourth-order valence-corrected chi connectivity index (χ4v) is 2.35. The van der Waals surface area contributed by atoms with Gasteiger partial charge in [0.25, 0.3) is 0 Å². The molecule has 3 nitrogen and oxygen atoms in total. The number of aromatic nitrogens is 1. The van der Waals surface area contributed by atoms with Gasteiger partial charge in [-0.2, -0.15) is 0 Å². The van der Waals surface area contributed by atoms with Crippen LogP contribution in [-0.2, 0) is 0 Å². The number of ether oxygens (including phenoxy) is 2. The van der Waals surface area contributed by atoms with E-state index in [0.29, 0.717) is 0 Å². The van der Waals surface area contributed by atoms with Crippen molar-refractivity contribution in [2.45, 2.75) is 4.90 Å². The highest BCUT2D eigenvalue weighted by atomic mass is 32.2. The van der Waals surface area contributed by atoms with E-state index in [2.05, 4.69) is 4.98 Å². The fraction of sp³-hybridized carbons (Fsp3) is 0.214. The van der Waals surface area contributed by atoms with Crippen LogP contribution in [0.25, 0.3) is 11.1 Å². The third-order valence-electron chi connectivity index (χ3n) is 2.68. The Labute approximate surface area is 111 Å². The number of hydrogen-bond donors (Lipinski definition) is 0. The van der Waals surface area contributed by atoms with Crippen molar-refractivity contribution in [1.29, 1.82) is 0 Å². The topological polar surface area (TPSA) is 31.4 Å². The highest BCUT2D eigenvalue weighted by Gasteiger charge is 2.12. The number of benzene rings is 1. The standard InChI is InChI=1S/C14H15NO2S/c1-16-12-8-14(18-3)13(17-2)7-11(12)10-5-4-6-15-9-10/h4-9H,1-3H3. The third kappa shape index (κ3) is 2.43. The summed E-state index contributed by atoms with van der Waals surface area (Å²) in [6.45, 7) is 0. The monoisotopic (exact) mass is 261 g/mol. The van der Waals surface area contributed by atoms with Gasteiger partial charge in [0.15, 0.2) is 0 Å². The maximum Gasteiger partial charge on any atom is 0.133 e. The van der Waals surface area contributed by atoms with Gasteiger partial charge in [-0.05, 0) is 24.5 Å². The zero-order chi connectivity index (χ0) is 13.0. The quantitative estimate of drug-likeness (QED) is 0.788. The van der Waals surface area contributed by atoms with E-state index in [1.54, 1.807) is 32.2 Å². The van der Waals surface area contributed by atoms with Crippen molar-refractivity contribution in [2.75, 3.05) is 20.5 Å². The van der Waals surface area contributed by atoms with Crippen LogP contribution in [0.5, 0.6) is 11.5 Å². The zero-order valence-corrected chi connectivity index (χ0v) is 11.5. The van der Waals surface area contributed by atoms with Crippen molar-refractivity contribution in [3.63, 3.8) is 0 Å². The van der Waals surface area contributed by atoms with Crippen LogP contribution < -0.4 is 9.47 Å². The van der Waals surface area contributed by atoms with Crippen molar-refractivity contribution in [2.24, 2.45) is 0 Å². The first-order valence-corrected chi connectivity index (χ1v) is 6.73. The summed E-state index contributed by atoms with van der Waals surface area (Å²) in [6.07, 6.45) is 5.58. The molecule has 0 saturated heterocycles. The average molecular weight is 261 g/mol. The number of thioether (sulfide) groups is 1. The van der Waals surface area contributed by atoms with Gasteiger partial charge in [-0.3, -0.25) is 4.98 Å². The van der Waals surface area contributed by atoms with Crippen LogP contribution in [0.2, 0.25) is 0 Å². The lowest BCUT2D eigenvalue weighted by atomic mass is 10.1. The molecule has 0 bridgehead atoms. The van der Waals surface area contributed by atoms with Crippen LogP contribution >= 0.6 is 11.8 Å². The Morgan fingerprint density at radius 2 is 1.89 bits per heavy atom. The van der Waals surface area contributed by atoms with E-state index < -0.39 is 0 Å². The number of pyridine rings is 1. The summed E-state index contributed by atoms with van der Waals surface area (Å²) in [4.78, 5) is 5.19. The number of rotatable bonds is 4. The van der Waals surface area contributed by atoms with Crippen LogP contribution in [-0.4, -0.2) is 25.5 Å². The molecule has 0 amide bonds. The largest absolute Gasteiger partial charge is 0.496 e. The van der Waals surface area contributed by atoms with Gasteiger partial charge in [-0.15, -0.1) is 11.8 Å². The molecule has 2 rings (SSSR count). The van der Waals surface area contributed by atoms with Crippen LogP contribution in [0.1, 0.15) is 0 Å². The summed E-state index contributed by atoms with van der Waals surface area (Å²) in [5.41, 5.74) is 2.00. The van der Waals surface area contributed by atoms with Gasteiger partial charge in [-0.1, -0.05) is 6.07 Å². The highest BCUT2D eigenvalue weighted by molar-refractivity contribution is 7.98. The molecule has 0 unspecified atom stereocenters. The number of hydrogen-bond acceptors (Lipinski definition) is 4. The first-order chi connectivity index (χ1) is 8.80. The van der Waals surface area contributed by atoms with Crippen LogP contribution in [0.15, 0.2) is 41.6 Å². The summed E-state index contributed by atoms with van der Waals surface area (Å²) < 4.78 is 10.8. The average Bonchev–Trinajstić information content (AvgIpc) is 2.46. The number of nitrogens with zero attached hydrogens (tertiary/aromatic N) is 1. The summed E-state index contributed by atoms with van der Waals surface area (Å²) >= 11 is 1.63. The Morgan fingerprint density at radius 1 is 1.11 bits per heavy atom. The van der Waals surface area contributed by atoms with E-state index in [1.165, 1.54) is 0 Å². The van der Waals surface area contributed by atoms with Gasteiger partial charge in [0, 0.05) is 23.5 Å². The molecule has 0 atom stereocenters. The summed E-state index contributed by atoms with van der Waals surface area (Å²) in [6, 6.07) is 7.89. The molecule has 0 fully saturated rings. The highest BCUT2D eigenvalue weighted by Crippen LogP contribution is 2.39. The summed E-state index contributed by atoms with van der Waals surface area (Å²) in [7, 11) is 3.35. The zero-order valence-electron chi connectivity index (χ0n) is 10.6. The minimum absolute atomic E-state index is 0.827. The second-order valence-electron chi connectivity index (χ2n) is 3.65. The van der Waals surface area contributed by atoms with Gasteiger partial charge in [0.05, 0.1) is 19.1 Å². The summed E-state index contributed by atoms with van der Waals surface area (Å²) in [5.74, 6) is 1.68. The van der Waals surface area contributed by atoms with Gasteiger partial charge in [0.2, 0.25) is 0 Å². The Hall–Kier alpha value is -1.68. The van der Waals surface area contributed by atoms with E-state index in [9.17, 15) is 0 Å². The lowest BCUT2D eigenvalue weighted by Crippen LogP contribution is -1.93. The van der Waals surface area contributed by atoms with E-state index in [1.807, 2.05) is 36.7 Å². The molecule has 0 saturated carbocycles. The van der Waals surface area contributed by atoms with E-state index in [4.69, 9.17) is 9.47 Å². The first-order valence-electron chi connectivity index (χ1n) is 5.50. The Balaban J connectivity index is 2.59. The van der Waals surface area contributed by atoms with Gasteiger partial charge >= 0.3 is 0 Å². The third-order valence-corrected chi connectivity index (χ3v) is 3.44. The molecule has 0 aliphatic rings.